The third-order valence-corrected chi connectivity index (χ3v) is 4.06. The molecule has 1 N–H and O–H groups in total. The number of aromatic nitrogens is 2. The van der Waals surface area contributed by atoms with E-state index < -0.39 is 6.10 Å². The first-order chi connectivity index (χ1) is 9.58. The van der Waals surface area contributed by atoms with E-state index in [9.17, 15) is 5.11 Å². The second-order valence-electron chi connectivity index (χ2n) is 4.95. The number of aliphatic hydroxyl groups is 1. The molecule has 0 aliphatic heterocycles. The van der Waals surface area contributed by atoms with Gasteiger partial charge in [0.25, 0.3) is 0 Å². The predicted molar refractivity (Wildman–Crippen MR) is 82.1 cm³/mol. The highest BCUT2D eigenvalue weighted by Gasteiger charge is 2.19. The molecule has 1 aromatic carbocycles. The van der Waals surface area contributed by atoms with Crippen LogP contribution in [0.15, 0.2) is 24.3 Å². The van der Waals surface area contributed by atoms with Gasteiger partial charge in [-0.2, -0.15) is 5.10 Å². The predicted octanol–water partition coefficient (Wildman–Crippen LogP) is 3.70. The molecule has 0 radical (unpaired) electrons. The van der Waals surface area contributed by atoms with Crippen LogP contribution in [-0.2, 0) is 19.4 Å². The van der Waals surface area contributed by atoms with Crippen LogP contribution in [0.4, 0.5) is 0 Å². The molecule has 3 nitrogen and oxygen atoms in total. The van der Waals surface area contributed by atoms with Crippen molar-refractivity contribution in [2.24, 2.45) is 0 Å². The van der Waals surface area contributed by atoms with Crippen LogP contribution in [0.5, 0.6) is 0 Å². The lowest BCUT2D eigenvalue weighted by Crippen LogP contribution is -2.09. The normalized spacial score (nSPS) is 12.7. The Balaban J connectivity index is 2.30. The highest BCUT2D eigenvalue weighted by Crippen LogP contribution is 2.28. The minimum absolute atomic E-state index is 0.491. The van der Waals surface area contributed by atoms with Crippen molar-refractivity contribution in [3.63, 3.8) is 0 Å². The maximum Gasteiger partial charge on any atom is 0.0851 e. The Morgan fingerprint density at radius 1 is 1.30 bits per heavy atom. The van der Waals surface area contributed by atoms with Gasteiger partial charge in [0.15, 0.2) is 0 Å². The molecule has 0 fully saturated rings. The van der Waals surface area contributed by atoms with Gasteiger partial charge in [0.1, 0.15) is 0 Å². The fourth-order valence-corrected chi connectivity index (χ4v) is 2.81. The molecule has 108 valence electrons. The maximum absolute atomic E-state index is 10.5. The Morgan fingerprint density at radius 3 is 2.60 bits per heavy atom. The van der Waals surface area contributed by atoms with Crippen molar-refractivity contribution < 1.29 is 5.11 Å². The molecule has 0 spiro atoms. The van der Waals surface area contributed by atoms with Gasteiger partial charge in [0.05, 0.1) is 22.5 Å². The summed E-state index contributed by atoms with van der Waals surface area (Å²) in [6, 6.07) is 7.89. The van der Waals surface area contributed by atoms with Crippen LogP contribution in [0.25, 0.3) is 0 Å². The van der Waals surface area contributed by atoms with E-state index in [0.717, 1.165) is 35.5 Å². The average Bonchev–Trinajstić information content (AvgIpc) is 2.75. The van der Waals surface area contributed by atoms with Crippen molar-refractivity contribution in [3.8, 4) is 0 Å². The zero-order chi connectivity index (χ0) is 14.7. The monoisotopic (exact) mass is 292 g/mol. The topological polar surface area (TPSA) is 38.0 Å². The largest absolute Gasteiger partial charge is 0.388 e. The number of hydrogen-bond donors (Lipinski definition) is 1. The summed E-state index contributed by atoms with van der Waals surface area (Å²) < 4.78 is 1.89. The summed E-state index contributed by atoms with van der Waals surface area (Å²) in [5.74, 6) is 0. The second-order valence-corrected chi connectivity index (χ2v) is 5.33. The van der Waals surface area contributed by atoms with Gasteiger partial charge in [-0.05, 0) is 31.4 Å². The number of rotatable bonds is 5. The molecule has 0 saturated heterocycles. The molecule has 1 atom stereocenters. The number of nitrogens with zero attached hydrogens (tertiary/aromatic N) is 2. The number of hydrogen-bond acceptors (Lipinski definition) is 2. The number of aliphatic hydroxyl groups excluding tert-OH is 1. The van der Waals surface area contributed by atoms with Crippen LogP contribution in [0, 0.1) is 6.92 Å². The quantitative estimate of drug-likeness (QED) is 0.912. The second kappa shape index (κ2) is 6.42. The summed E-state index contributed by atoms with van der Waals surface area (Å²) in [6.07, 6.45) is 0.740. The summed E-state index contributed by atoms with van der Waals surface area (Å²) in [7, 11) is 0. The van der Waals surface area contributed by atoms with E-state index in [4.69, 9.17) is 11.6 Å². The molecule has 0 saturated carbocycles. The summed E-state index contributed by atoms with van der Waals surface area (Å²) >= 11 is 6.39. The zero-order valence-electron chi connectivity index (χ0n) is 12.2. The van der Waals surface area contributed by atoms with E-state index in [1.807, 2.05) is 49.7 Å². The third kappa shape index (κ3) is 2.89. The number of halogens is 1. The molecule has 2 aromatic rings. The van der Waals surface area contributed by atoms with Crippen molar-refractivity contribution in [1.29, 1.82) is 0 Å². The Morgan fingerprint density at radius 2 is 2.00 bits per heavy atom. The molecule has 1 heterocycles. The van der Waals surface area contributed by atoms with Crippen molar-refractivity contribution in [3.05, 3.63) is 51.8 Å². The molecule has 0 amide bonds. The summed E-state index contributed by atoms with van der Waals surface area (Å²) in [6.45, 7) is 6.84. The van der Waals surface area contributed by atoms with Crippen molar-refractivity contribution in [2.45, 2.75) is 46.3 Å². The summed E-state index contributed by atoms with van der Waals surface area (Å²) in [4.78, 5) is 0. The SMILES string of the molecule is CCc1nn(CC)c(CC(O)c2ccccc2C)c1Cl. The fraction of sp³-hybridized carbons (Fsp3) is 0.438. The first kappa shape index (κ1) is 15.1. The molecule has 0 bridgehead atoms. The van der Waals surface area contributed by atoms with Crippen LogP contribution < -0.4 is 0 Å². The van der Waals surface area contributed by atoms with E-state index >= 15 is 0 Å². The summed E-state index contributed by atoms with van der Waals surface area (Å²) in [5.41, 5.74) is 3.86. The lowest BCUT2D eigenvalue weighted by Gasteiger charge is -2.14. The lowest BCUT2D eigenvalue weighted by molar-refractivity contribution is 0.174. The van der Waals surface area contributed by atoms with E-state index in [-0.39, 0.29) is 0 Å². The van der Waals surface area contributed by atoms with Gasteiger partial charge in [-0.15, -0.1) is 0 Å². The van der Waals surface area contributed by atoms with Crippen molar-refractivity contribution in [2.75, 3.05) is 0 Å². The Kier molecular flexibility index (Phi) is 4.84. The highest BCUT2D eigenvalue weighted by atomic mass is 35.5. The molecule has 0 aliphatic carbocycles. The van der Waals surface area contributed by atoms with Crippen molar-refractivity contribution >= 4 is 11.6 Å². The molecule has 20 heavy (non-hydrogen) atoms. The Hall–Kier alpha value is -1.32. The lowest BCUT2D eigenvalue weighted by atomic mass is 10.00. The number of aryl methyl sites for hydroxylation is 3. The minimum atomic E-state index is -0.555. The van der Waals surface area contributed by atoms with Gasteiger partial charge in [-0.1, -0.05) is 42.8 Å². The van der Waals surface area contributed by atoms with Gasteiger partial charge >= 0.3 is 0 Å². The first-order valence-corrected chi connectivity index (χ1v) is 7.43. The molecular formula is C16H21ClN2O. The van der Waals surface area contributed by atoms with E-state index in [0.29, 0.717) is 11.4 Å². The fourth-order valence-electron chi connectivity index (χ4n) is 2.47. The Bertz CT molecular complexity index is 592. The van der Waals surface area contributed by atoms with Gasteiger partial charge in [0.2, 0.25) is 0 Å². The first-order valence-electron chi connectivity index (χ1n) is 7.06. The zero-order valence-corrected chi connectivity index (χ0v) is 13.0. The highest BCUT2D eigenvalue weighted by molar-refractivity contribution is 6.31. The Labute approximate surface area is 125 Å². The van der Waals surface area contributed by atoms with Crippen molar-refractivity contribution in [1.82, 2.24) is 9.78 Å². The maximum atomic E-state index is 10.5. The van der Waals surface area contributed by atoms with Crippen LogP contribution >= 0.6 is 11.6 Å². The third-order valence-electron chi connectivity index (χ3n) is 3.63. The smallest absolute Gasteiger partial charge is 0.0851 e. The molecular weight excluding hydrogens is 272 g/mol. The average molecular weight is 293 g/mol. The van der Waals surface area contributed by atoms with Crippen LogP contribution in [0.1, 0.15) is 42.5 Å². The molecule has 4 heteroatoms. The van der Waals surface area contributed by atoms with Gasteiger partial charge in [0, 0.05) is 13.0 Å². The molecule has 1 aromatic heterocycles. The standard InChI is InChI=1S/C16H21ClN2O/c1-4-13-16(17)14(19(5-2)18-13)10-15(20)12-9-7-6-8-11(12)3/h6-9,15,20H,4-5,10H2,1-3H3. The molecule has 0 aliphatic rings. The van der Waals surface area contributed by atoms with Crippen LogP contribution in [-0.4, -0.2) is 14.9 Å². The minimum Gasteiger partial charge on any atom is -0.388 e. The van der Waals surface area contributed by atoms with Gasteiger partial charge in [-0.3, -0.25) is 4.68 Å². The van der Waals surface area contributed by atoms with Gasteiger partial charge in [-0.25, -0.2) is 0 Å². The van der Waals surface area contributed by atoms with E-state index in [2.05, 4.69) is 5.10 Å². The summed E-state index contributed by atoms with van der Waals surface area (Å²) in [5, 5.41) is 15.7. The van der Waals surface area contributed by atoms with E-state index in [1.165, 1.54) is 0 Å². The number of benzene rings is 1. The van der Waals surface area contributed by atoms with Gasteiger partial charge < -0.3 is 5.11 Å². The van der Waals surface area contributed by atoms with Crippen LogP contribution in [0.2, 0.25) is 5.02 Å². The molecule has 2 rings (SSSR count). The molecule has 1 unspecified atom stereocenters. The van der Waals surface area contributed by atoms with E-state index in [1.54, 1.807) is 0 Å². The van der Waals surface area contributed by atoms with Crippen LogP contribution in [0.3, 0.4) is 0 Å².